The largest absolute Gasteiger partial charge is 0.474 e. The Balaban J connectivity index is 2.16. The Hall–Kier alpha value is -3.42. The van der Waals surface area contributed by atoms with Gasteiger partial charge in [0.05, 0.1) is 17.6 Å². The summed E-state index contributed by atoms with van der Waals surface area (Å²) in [5.41, 5.74) is 0.170. The maximum atomic E-state index is 12.1. The number of hydrogen-bond donors (Lipinski definition) is 1. The lowest BCUT2D eigenvalue weighted by molar-refractivity contribution is -0.386. The first-order valence-corrected chi connectivity index (χ1v) is 7.31. The Labute approximate surface area is 143 Å². The van der Waals surface area contributed by atoms with Gasteiger partial charge in [0, 0.05) is 11.8 Å². The Kier molecular flexibility index (Phi) is 5.67. The molecule has 8 nitrogen and oxygen atoms in total. The number of esters is 1. The summed E-state index contributed by atoms with van der Waals surface area (Å²) in [5, 5.41) is 13.8. The minimum atomic E-state index is -0.983. The Bertz CT molecular complexity index is 791. The minimum Gasteiger partial charge on any atom is -0.474 e. The average molecular weight is 344 g/mol. The molecule has 0 unspecified atom stereocenters. The monoisotopic (exact) mass is 344 g/mol. The summed E-state index contributed by atoms with van der Waals surface area (Å²) < 4.78 is 9.93. The number of amides is 1. The van der Waals surface area contributed by atoms with Crippen LogP contribution in [-0.4, -0.2) is 30.0 Å². The molecule has 2 rings (SSSR count). The molecule has 0 aromatic heterocycles. The van der Waals surface area contributed by atoms with E-state index in [1.165, 1.54) is 26.2 Å². The summed E-state index contributed by atoms with van der Waals surface area (Å²) in [6.07, 6.45) is -0.983. The highest BCUT2D eigenvalue weighted by molar-refractivity contribution is 5.94. The van der Waals surface area contributed by atoms with Crippen LogP contribution in [0.4, 0.5) is 11.4 Å². The van der Waals surface area contributed by atoms with E-state index >= 15 is 0 Å². The molecule has 0 radical (unpaired) electrons. The number of nitro groups is 1. The van der Waals surface area contributed by atoms with Gasteiger partial charge in [-0.15, -0.1) is 0 Å². The summed E-state index contributed by atoms with van der Waals surface area (Å²) in [6.45, 7) is 1.47. The fourth-order valence-electron chi connectivity index (χ4n) is 2.01. The zero-order chi connectivity index (χ0) is 18.4. The predicted molar refractivity (Wildman–Crippen MR) is 89.6 cm³/mol. The van der Waals surface area contributed by atoms with E-state index in [-0.39, 0.29) is 11.3 Å². The highest BCUT2D eigenvalue weighted by Crippen LogP contribution is 2.29. The van der Waals surface area contributed by atoms with Gasteiger partial charge in [-0.1, -0.05) is 18.2 Å². The number of rotatable bonds is 6. The molecule has 0 fully saturated rings. The topological polar surface area (TPSA) is 108 Å². The second-order valence-electron chi connectivity index (χ2n) is 5.05. The number of nitrogens with one attached hydrogen (secondary N) is 1. The van der Waals surface area contributed by atoms with Gasteiger partial charge in [0.15, 0.2) is 11.9 Å². The van der Waals surface area contributed by atoms with Gasteiger partial charge in [0.25, 0.3) is 5.91 Å². The number of anilines is 1. The quantitative estimate of drug-likeness (QED) is 0.490. The minimum absolute atomic E-state index is 0.0166. The van der Waals surface area contributed by atoms with E-state index in [0.717, 1.165) is 6.07 Å². The molecule has 0 heterocycles. The molecule has 2 aromatic carbocycles. The average Bonchev–Trinajstić information content (AvgIpc) is 2.61. The molecule has 0 spiro atoms. The van der Waals surface area contributed by atoms with E-state index in [1.54, 1.807) is 24.3 Å². The van der Waals surface area contributed by atoms with E-state index in [1.807, 2.05) is 6.07 Å². The molecule has 0 aliphatic heterocycles. The van der Waals surface area contributed by atoms with Crippen molar-refractivity contribution >= 4 is 23.3 Å². The normalized spacial score (nSPS) is 11.3. The number of benzene rings is 2. The zero-order valence-electron chi connectivity index (χ0n) is 13.6. The zero-order valence-corrected chi connectivity index (χ0v) is 13.6. The van der Waals surface area contributed by atoms with Crippen LogP contribution >= 0.6 is 0 Å². The second kappa shape index (κ2) is 7.91. The van der Waals surface area contributed by atoms with Crippen molar-refractivity contribution in [2.45, 2.75) is 13.0 Å². The lowest BCUT2D eigenvalue weighted by Gasteiger charge is -2.15. The van der Waals surface area contributed by atoms with Crippen LogP contribution in [0.1, 0.15) is 17.3 Å². The number of methoxy groups -OCH3 is 1. The third kappa shape index (κ3) is 4.54. The van der Waals surface area contributed by atoms with Crippen molar-refractivity contribution in [1.82, 2.24) is 0 Å². The highest BCUT2D eigenvalue weighted by Gasteiger charge is 2.23. The van der Waals surface area contributed by atoms with Gasteiger partial charge in [0.1, 0.15) is 0 Å². The fourth-order valence-corrected chi connectivity index (χ4v) is 2.01. The Morgan fingerprint density at radius 2 is 1.84 bits per heavy atom. The summed E-state index contributed by atoms with van der Waals surface area (Å²) in [7, 11) is 1.18. The number of carbonyl (C=O) groups is 2. The first-order valence-electron chi connectivity index (χ1n) is 7.31. The molecule has 1 atom stereocenters. The first kappa shape index (κ1) is 17.9. The van der Waals surface area contributed by atoms with Crippen molar-refractivity contribution in [2.24, 2.45) is 0 Å². The highest BCUT2D eigenvalue weighted by atomic mass is 16.6. The number of para-hydroxylation sites is 1. The number of carbonyl (C=O) groups excluding carboxylic acids is 2. The van der Waals surface area contributed by atoms with E-state index in [4.69, 9.17) is 4.74 Å². The van der Waals surface area contributed by atoms with Crippen LogP contribution in [0.3, 0.4) is 0 Å². The predicted octanol–water partition coefficient (Wildman–Crippen LogP) is 2.79. The van der Waals surface area contributed by atoms with Gasteiger partial charge in [-0.25, -0.2) is 4.79 Å². The van der Waals surface area contributed by atoms with Crippen LogP contribution in [0.2, 0.25) is 0 Å². The summed E-state index contributed by atoms with van der Waals surface area (Å²) in [6, 6.07) is 12.4. The molecular weight excluding hydrogens is 328 g/mol. The lowest BCUT2D eigenvalue weighted by Crippen LogP contribution is -2.30. The van der Waals surface area contributed by atoms with E-state index < -0.39 is 28.6 Å². The van der Waals surface area contributed by atoms with E-state index in [9.17, 15) is 19.7 Å². The molecule has 0 bridgehead atoms. The SMILES string of the molecule is COC(=O)c1ccc(O[C@H](C)C(=O)Nc2ccccc2)c([N+](=O)[O-])c1. The molecule has 0 aliphatic rings. The second-order valence-corrected chi connectivity index (χ2v) is 5.05. The van der Waals surface area contributed by atoms with Crippen LogP contribution < -0.4 is 10.1 Å². The van der Waals surface area contributed by atoms with Crippen LogP contribution in [-0.2, 0) is 9.53 Å². The van der Waals surface area contributed by atoms with Gasteiger partial charge in [0.2, 0.25) is 0 Å². The first-order chi connectivity index (χ1) is 11.9. The van der Waals surface area contributed by atoms with Gasteiger partial charge < -0.3 is 14.8 Å². The molecule has 0 saturated heterocycles. The van der Waals surface area contributed by atoms with Crippen LogP contribution in [0.25, 0.3) is 0 Å². The molecule has 0 saturated carbocycles. The molecule has 25 heavy (non-hydrogen) atoms. The van der Waals surface area contributed by atoms with Crippen molar-refractivity contribution < 1.29 is 24.0 Å². The van der Waals surface area contributed by atoms with Gasteiger partial charge in [-0.3, -0.25) is 14.9 Å². The van der Waals surface area contributed by atoms with Crippen molar-refractivity contribution in [3.05, 3.63) is 64.2 Å². The summed E-state index contributed by atoms with van der Waals surface area (Å²) >= 11 is 0. The molecule has 8 heteroatoms. The molecule has 130 valence electrons. The third-order valence-electron chi connectivity index (χ3n) is 3.29. The summed E-state index contributed by atoms with van der Waals surface area (Å²) in [4.78, 5) is 34.1. The fraction of sp³-hybridized carbons (Fsp3) is 0.176. The van der Waals surface area contributed by atoms with Crippen molar-refractivity contribution in [1.29, 1.82) is 0 Å². The van der Waals surface area contributed by atoms with Crippen molar-refractivity contribution in [3.8, 4) is 5.75 Å². The Morgan fingerprint density at radius 3 is 2.44 bits per heavy atom. The van der Waals surface area contributed by atoms with Gasteiger partial charge in [-0.05, 0) is 31.2 Å². The number of nitrogens with zero attached hydrogens (tertiary/aromatic N) is 1. The van der Waals surface area contributed by atoms with Gasteiger partial charge >= 0.3 is 11.7 Å². The third-order valence-corrected chi connectivity index (χ3v) is 3.29. The molecular formula is C17H16N2O6. The molecule has 2 aromatic rings. The maximum Gasteiger partial charge on any atom is 0.338 e. The van der Waals surface area contributed by atoms with Gasteiger partial charge in [-0.2, -0.15) is 0 Å². The van der Waals surface area contributed by atoms with Crippen molar-refractivity contribution in [2.75, 3.05) is 12.4 Å². The molecule has 1 amide bonds. The smallest absolute Gasteiger partial charge is 0.338 e. The Morgan fingerprint density at radius 1 is 1.16 bits per heavy atom. The van der Waals surface area contributed by atoms with Crippen LogP contribution in [0.5, 0.6) is 5.75 Å². The molecule has 0 aliphatic carbocycles. The standard InChI is InChI=1S/C17H16N2O6/c1-11(16(20)18-13-6-4-3-5-7-13)25-15-9-8-12(17(21)24-2)10-14(15)19(22)23/h3-11H,1-2H3,(H,18,20)/t11-/m1/s1. The van der Waals surface area contributed by atoms with Crippen LogP contribution in [0, 0.1) is 10.1 Å². The van der Waals surface area contributed by atoms with E-state index in [0.29, 0.717) is 5.69 Å². The summed E-state index contributed by atoms with van der Waals surface area (Å²) in [5.74, 6) is -1.28. The number of hydrogen-bond acceptors (Lipinski definition) is 6. The van der Waals surface area contributed by atoms with Crippen LogP contribution in [0.15, 0.2) is 48.5 Å². The maximum absolute atomic E-state index is 12.1. The van der Waals surface area contributed by atoms with E-state index in [2.05, 4.69) is 10.1 Å². The number of nitro benzene ring substituents is 1. The molecule has 1 N–H and O–H groups in total. The van der Waals surface area contributed by atoms with Crippen molar-refractivity contribution in [3.63, 3.8) is 0 Å². The lowest BCUT2D eigenvalue weighted by atomic mass is 10.2. The number of ether oxygens (including phenoxy) is 2.